The first-order valence-corrected chi connectivity index (χ1v) is 23.1. The van der Waals surface area contributed by atoms with Gasteiger partial charge >= 0.3 is 11.9 Å². The molecule has 2 aromatic carbocycles. The Morgan fingerprint density at radius 2 is 1.11 bits per heavy atom. The minimum Gasteiger partial charge on any atom is -0.468 e. The van der Waals surface area contributed by atoms with Gasteiger partial charge in [0, 0.05) is 48.1 Å². The highest BCUT2D eigenvalue weighted by Crippen LogP contribution is 2.59. The van der Waals surface area contributed by atoms with Gasteiger partial charge in [0.1, 0.15) is 11.1 Å². The van der Waals surface area contributed by atoms with Crippen molar-refractivity contribution in [3.63, 3.8) is 0 Å². The Morgan fingerprint density at radius 1 is 0.702 bits per heavy atom. The Bertz CT molecular complexity index is 2640. The fraction of sp³-hybridized carbons (Fsp3) is 0.351. The van der Waals surface area contributed by atoms with Gasteiger partial charge in [-0.05, 0) is 24.0 Å². The first-order valence-electron chi connectivity index (χ1n) is 17.4. The summed E-state index contributed by atoms with van der Waals surface area (Å²) >= 11 is 5.41. The number of thiazole rings is 2. The predicted octanol–water partition coefficient (Wildman–Crippen LogP) is 4.94. The molecule has 2 saturated carbocycles. The zero-order valence-electron chi connectivity index (χ0n) is 31.4. The van der Waals surface area contributed by atoms with Crippen molar-refractivity contribution in [3.05, 3.63) is 108 Å². The third-order valence-corrected chi connectivity index (χ3v) is 17.2. The van der Waals surface area contributed by atoms with Crippen LogP contribution in [0.15, 0.2) is 93.9 Å². The van der Waals surface area contributed by atoms with Crippen molar-refractivity contribution >= 4 is 80.5 Å². The molecule has 2 N–H and O–H groups in total. The van der Waals surface area contributed by atoms with Crippen LogP contribution in [0.5, 0.6) is 0 Å². The molecule has 0 bridgehead atoms. The van der Waals surface area contributed by atoms with Crippen molar-refractivity contribution in [2.75, 3.05) is 21.3 Å². The molecule has 4 atom stereocenters. The molecule has 0 saturated heterocycles. The highest BCUT2D eigenvalue weighted by Gasteiger charge is 2.73. The third kappa shape index (κ3) is 7.13. The molecule has 15 nitrogen and oxygen atoms in total. The first kappa shape index (κ1) is 41.2. The molecular formula is C37H39BrN6O9S4. The van der Waals surface area contributed by atoms with Crippen LogP contribution in [-0.4, -0.2) is 80.0 Å². The molecule has 0 aliphatic heterocycles. The van der Waals surface area contributed by atoms with E-state index in [0.717, 1.165) is 39.5 Å². The Balaban J connectivity index is 0.000000174. The van der Waals surface area contributed by atoms with Crippen molar-refractivity contribution in [1.29, 1.82) is 0 Å². The molecule has 8 rings (SSSR count). The first-order chi connectivity index (χ1) is 27.0. The SMILES string of the molecule is COC(=O)[C@]1(NS(=O)(=O)c2cn3cc(CBr)nc3s2)CC1(C)c1ccccc1.COCc1cn2cc(S(=O)(=O)N[C@@]3(C(=O)OC)CC3(C)c3ccccc3)sc2n1. The minimum absolute atomic E-state index is 0.0783. The van der Waals surface area contributed by atoms with E-state index in [-0.39, 0.29) is 8.42 Å². The summed E-state index contributed by atoms with van der Waals surface area (Å²) in [5.74, 6) is -1.19. The summed E-state index contributed by atoms with van der Waals surface area (Å²) in [6.45, 7) is 4.07. The molecule has 6 aromatic rings. The van der Waals surface area contributed by atoms with Crippen molar-refractivity contribution in [1.82, 2.24) is 28.2 Å². The number of ether oxygens (including phenoxy) is 3. The summed E-state index contributed by atoms with van der Waals surface area (Å²) in [7, 11) is -3.82. The van der Waals surface area contributed by atoms with Gasteiger partial charge < -0.3 is 14.2 Å². The van der Waals surface area contributed by atoms with E-state index in [4.69, 9.17) is 14.2 Å². The van der Waals surface area contributed by atoms with Crippen molar-refractivity contribution in [3.8, 4) is 0 Å². The Labute approximate surface area is 345 Å². The standard InChI is InChI=1S/C19H21N3O5S2.C18H18BrN3O4S2/c1-18(13-7-5-4-6-8-13)12-19(18,16(23)27-3)21-29(24,25)15-10-22-9-14(11-26-2)20-17(22)28-15;1-17(12-6-4-3-5-7-12)11-18(17,15(23)26-2)21-28(24,25)14-10-22-9-13(8-19)20-16(22)27-14/h4-10,21H,11-12H2,1-3H3;3-7,9-10,21H,8,11H2,1-2H3/t18?,19-;17?,18-/m11/s1. The normalized spacial score (nSPS) is 24.2. The van der Waals surface area contributed by atoms with Crippen LogP contribution >= 0.6 is 38.6 Å². The number of halogens is 1. The van der Waals surface area contributed by atoms with Crippen molar-refractivity contribution < 1.29 is 40.6 Å². The molecule has 0 spiro atoms. The molecule has 4 aromatic heterocycles. The molecule has 4 heterocycles. The number of nitrogens with one attached hydrogen (secondary N) is 2. The second-order valence-electron chi connectivity index (χ2n) is 14.3. The molecule has 302 valence electrons. The maximum atomic E-state index is 13.1. The predicted molar refractivity (Wildman–Crippen MR) is 216 cm³/mol. The maximum absolute atomic E-state index is 13.1. The van der Waals surface area contributed by atoms with Crippen molar-refractivity contribution in [2.24, 2.45) is 0 Å². The Kier molecular flexibility index (Phi) is 10.8. The maximum Gasteiger partial charge on any atom is 0.328 e. The monoisotopic (exact) mass is 918 g/mol. The second kappa shape index (κ2) is 15.0. The van der Waals surface area contributed by atoms with E-state index in [1.807, 2.05) is 74.5 Å². The number of rotatable bonds is 13. The summed E-state index contributed by atoms with van der Waals surface area (Å²) in [5, 5.41) is 0.586. The van der Waals surface area contributed by atoms with E-state index in [1.54, 1.807) is 28.3 Å². The van der Waals surface area contributed by atoms with Crippen LogP contribution in [0.3, 0.4) is 0 Å². The van der Waals surface area contributed by atoms with Gasteiger partial charge in [-0.25, -0.2) is 36.4 Å². The molecule has 2 aliphatic carbocycles. The zero-order valence-corrected chi connectivity index (χ0v) is 36.2. The van der Waals surface area contributed by atoms with E-state index in [0.29, 0.717) is 40.4 Å². The minimum atomic E-state index is -3.97. The number of carbonyl (C=O) groups is 2. The number of methoxy groups -OCH3 is 3. The largest absolute Gasteiger partial charge is 0.468 e. The number of hydrogen-bond acceptors (Lipinski definition) is 13. The lowest BCUT2D eigenvalue weighted by Gasteiger charge is -2.22. The Hall–Kier alpha value is -4.02. The fourth-order valence-corrected chi connectivity index (χ4v) is 13.0. The number of carbonyl (C=O) groups excluding carboxylic acids is 2. The van der Waals surface area contributed by atoms with Gasteiger partial charge in [-0.1, -0.05) is 113 Å². The third-order valence-electron chi connectivity index (χ3n) is 10.7. The number of aromatic nitrogens is 4. The summed E-state index contributed by atoms with van der Waals surface area (Å²) in [4.78, 5) is 35.1. The lowest BCUT2D eigenvalue weighted by Crippen LogP contribution is -2.48. The number of sulfonamides is 2. The molecule has 20 heteroatoms. The van der Waals surface area contributed by atoms with Crippen LogP contribution in [0.25, 0.3) is 9.92 Å². The number of nitrogens with zero attached hydrogens (tertiary/aromatic N) is 4. The number of benzene rings is 2. The number of fused-ring (bicyclic) bond motifs is 2. The second-order valence-corrected chi connectivity index (χ2v) is 20.7. The Morgan fingerprint density at radius 3 is 1.47 bits per heavy atom. The summed E-state index contributed by atoms with van der Waals surface area (Å²) in [6, 6.07) is 18.8. The van der Waals surface area contributed by atoms with Crippen molar-refractivity contribution in [2.45, 2.75) is 69.0 Å². The lowest BCUT2D eigenvalue weighted by molar-refractivity contribution is -0.145. The highest BCUT2D eigenvalue weighted by atomic mass is 79.9. The summed E-state index contributed by atoms with van der Waals surface area (Å²) in [6.07, 6.45) is 7.12. The van der Waals surface area contributed by atoms with Crippen LogP contribution in [-0.2, 0) is 66.6 Å². The van der Waals surface area contributed by atoms with Gasteiger partial charge in [-0.3, -0.25) is 8.80 Å². The van der Waals surface area contributed by atoms with Gasteiger partial charge in [0.05, 0.1) is 32.2 Å². The smallest absolute Gasteiger partial charge is 0.328 e. The molecule has 57 heavy (non-hydrogen) atoms. The number of esters is 2. The topological polar surface area (TPSA) is 189 Å². The average molecular weight is 920 g/mol. The van der Waals surface area contributed by atoms with Crippen LogP contribution in [0, 0.1) is 0 Å². The summed E-state index contributed by atoms with van der Waals surface area (Å²) < 4.78 is 76.2. The van der Waals surface area contributed by atoms with Gasteiger partial charge in [-0.15, -0.1) is 0 Å². The van der Waals surface area contributed by atoms with Gasteiger partial charge in [0.25, 0.3) is 20.0 Å². The quantitative estimate of drug-likeness (QED) is 0.118. The molecule has 2 aliphatic rings. The average Bonchev–Trinajstić information content (AvgIpc) is 3.56. The van der Waals surface area contributed by atoms with Gasteiger partial charge in [-0.2, -0.15) is 9.44 Å². The molecule has 0 radical (unpaired) electrons. The molecule has 2 unspecified atom stereocenters. The number of imidazole rings is 2. The van der Waals surface area contributed by atoms with Crippen LogP contribution < -0.4 is 9.44 Å². The molecule has 0 amide bonds. The van der Waals surface area contributed by atoms with E-state index in [2.05, 4.69) is 35.3 Å². The van der Waals surface area contributed by atoms with E-state index < -0.39 is 53.9 Å². The van der Waals surface area contributed by atoms with Crippen LogP contribution in [0.4, 0.5) is 0 Å². The number of hydrogen-bond donors (Lipinski definition) is 2. The van der Waals surface area contributed by atoms with Crippen LogP contribution in [0.2, 0.25) is 0 Å². The van der Waals surface area contributed by atoms with Gasteiger partial charge in [0.15, 0.2) is 18.3 Å². The van der Waals surface area contributed by atoms with E-state index >= 15 is 0 Å². The fourth-order valence-electron chi connectivity index (χ4n) is 7.34. The lowest BCUT2D eigenvalue weighted by atomic mass is 9.93. The number of alkyl halides is 1. The van der Waals surface area contributed by atoms with E-state index in [9.17, 15) is 26.4 Å². The van der Waals surface area contributed by atoms with Gasteiger partial charge in [0.2, 0.25) is 0 Å². The molecule has 2 fully saturated rings. The molecular weight excluding hydrogens is 881 g/mol. The van der Waals surface area contributed by atoms with Crippen LogP contribution in [0.1, 0.15) is 49.2 Å². The zero-order chi connectivity index (χ0) is 41.0. The highest BCUT2D eigenvalue weighted by molar-refractivity contribution is 9.08. The summed E-state index contributed by atoms with van der Waals surface area (Å²) in [5.41, 5.74) is -0.797. The van der Waals surface area contributed by atoms with E-state index in [1.165, 1.54) is 26.6 Å².